The maximum Gasteiger partial charge on any atom is 0.313 e. The molecule has 0 aromatic heterocycles. The molecule has 1 aliphatic rings. The average Bonchev–Trinajstić information content (AvgIpc) is 2.43. The SMILES string of the molecule is Cc1ccc(C)c(NC(=O)C(=O)N2CCCCC2)c1. The number of nitrogens with one attached hydrogen (secondary N) is 1. The van der Waals surface area contributed by atoms with Crippen molar-refractivity contribution in [1.82, 2.24) is 4.90 Å². The van der Waals surface area contributed by atoms with Crippen LogP contribution in [0.15, 0.2) is 18.2 Å². The van der Waals surface area contributed by atoms with Gasteiger partial charge in [0, 0.05) is 18.8 Å². The third kappa shape index (κ3) is 3.34. The molecule has 1 aromatic rings. The number of carbonyl (C=O) groups is 2. The van der Waals surface area contributed by atoms with Gasteiger partial charge in [-0.05, 0) is 50.3 Å². The van der Waals surface area contributed by atoms with Crippen LogP contribution in [-0.2, 0) is 9.59 Å². The molecule has 0 saturated carbocycles. The van der Waals surface area contributed by atoms with Gasteiger partial charge in [-0.25, -0.2) is 0 Å². The number of likely N-dealkylation sites (tertiary alicyclic amines) is 1. The second-order valence-electron chi connectivity index (χ2n) is 5.13. The number of hydrogen-bond acceptors (Lipinski definition) is 2. The fraction of sp³-hybridized carbons (Fsp3) is 0.467. The normalized spacial score (nSPS) is 15.2. The lowest BCUT2D eigenvalue weighted by molar-refractivity contribution is -0.143. The summed E-state index contributed by atoms with van der Waals surface area (Å²) in [6.07, 6.45) is 3.12. The van der Waals surface area contributed by atoms with E-state index in [1.807, 2.05) is 32.0 Å². The molecule has 0 radical (unpaired) electrons. The van der Waals surface area contributed by atoms with Crippen LogP contribution < -0.4 is 5.32 Å². The summed E-state index contributed by atoms with van der Waals surface area (Å²) in [5.74, 6) is -0.948. The molecule has 0 aliphatic carbocycles. The van der Waals surface area contributed by atoms with Crippen molar-refractivity contribution in [2.24, 2.45) is 0 Å². The number of benzene rings is 1. The minimum Gasteiger partial charge on any atom is -0.334 e. The van der Waals surface area contributed by atoms with E-state index >= 15 is 0 Å². The van der Waals surface area contributed by atoms with Gasteiger partial charge in [-0.1, -0.05) is 12.1 Å². The van der Waals surface area contributed by atoms with Gasteiger partial charge in [0.15, 0.2) is 0 Å². The van der Waals surface area contributed by atoms with E-state index < -0.39 is 11.8 Å². The third-order valence-corrected chi connectivity index (χ3v) is 3.48. The van der Waals surface area contributed by atoms with Crippen molar-refractivity contribution in [2.45, 2.75) is 33.1 Å². The van der Waals surface area contributed by atoms with E-state index in [4.69, 9.17) is 0 Å². The molecule has 1 fully saturated rings. The molecule has 4 heteroatoms. The number of aryl methyl sites for hydroxylation is 2. The maximum absolute atomic E-state index is 12.0. The van der Waals surface area contributed by atoms with Crippen LogP contribution in [-0.4, -0.2) is 29.8 Å². The Bertz CT molecular complexity index is 491. The summed E-state index contributed by atoms with van der Waals surface area (Å²) in [4.78, 5) is 25.6. The maximum atomic E-state index is 12.0. The first-order chi connectivity index (χ1) is 9.08. The first kappa shape index (κ1) is 13.6. The Labute approximate surface area is 113 Å². The number of carbonyl (C=O) groups excluding carboxylic acids is 2. The van der Waals surface area contributed by atoms with E-state index in [2.05, 4.69) is 5.32 Å². The second-order valence-corrected chi connectivity index (χ2v) is 5.13. The number of hydrogen-bond donors (Lipinski definition) is 1. The van der Waals surface area contributed by atoms with Gasteiger partial charge in [-0.2, -0.15) is 0 Å². The first-order valence-corrected chi connectivity index (χ1v) is 6.75. The number of anilines is 1. The highest BCUT2D eigenvalue weighted by atomic mass is 16.2. The molecule has 19 heavy (non-hydrogen) atoms. The highest BCUT2D eigenvalue weighted by molar-refractivity contribution is 6.39. The number of nitrogens with zero attached hydrogens (tertiary/aromatic N) is 1. The summed E-state index contributed by atoms with van der Waals surface area (Å²) in [5.41, 5.74) is 2.74. The van der Waals surface area contributed by atoms with E-state index in [9.17, 15) is 9.59 Å². The van der Waals surface area contributed by atoms with E-state index in [-0.39, 0.29) is 0 Å². The second kappa shape index (κ2) is 5.87. The van der Waals surface area contributed by atoms with Crippen molar-refractivity contribution < 1.29 is 9.59 Å². The lowest BCUT2D eigenvalue weighted by Gasteiger charge is -2.26. The number of rotatable bonds is 1. The summed E-state index contributed by atoms with van der Waals surface area (Å²) < 4.78 is 0. The van der Waals surface area contributed by atoms with Gasteiger partial charge < -0.3 is 10.2 Å². The standard InChI is InChI=1S/C15H20N2O2/c1-11-6-7-12(2)13(10-11)16-14(18)15(19)17-8-4-3-5-9-17/h6-7,10H,3-5,8-9H2,1-2H3,(H,16,18). The predicted molar refractivity (Wildman–Crippen MR) is 75.0 cm³/mol. The first-order valence-electron chi connectivity index (χ1n) is 6.75. The van der Waals surface area contributed by atoms with Crippen LogP contribution in [0.3, 0.4) is 0 Å². The summed E-state index contributed by atoms with van der Waals surface area (Å²) in [6.45, 7) is 5.26. The Morgan fingerprint density at radius 1 is 1.11 bits per heavy atom. The number of amides is 2. The monoisotopic (exact) mass is 260 g/mol. The largest absolute Gasteiger partial charge is 0.334 e. The van der Waals surface area contributed by atoms with E-state index in [1.165, 1.54) is 0 Å². The van der Waals surface area contributed by atoms with E-state index in [0.29, 0.717) is 13.1 Å². The van der Waals surface area contributed by atoms with E-state index in [0.717, 1.165) is 36.1 Å². The number of piperidine rings is 1. The van der Waals surface area contributed by atoms with Crippen LogP contribution in [0.5, 0.6) is 0 Å². The van der Waals surface area contributed by atoms with Gasteiger partial charge in [0.25, 0.3) is 0 Å². The average molecular weight is 260 g/mol. The molecular weight excluding hydrogens is 240 g/mol. The van der Waals surface area contributed by atoms with Crippen molar-refractivity contribution in [1.29, 1.82) is 0 Å². The van der Waals surface area contributed by atoms with Crippen molar-refractivity contribution in [2.75, 3.05) is 18.4 Å². The lowest BCUT2D eigenvalue weighted by Crippen LogP contribution is -2.42. The zero-order chi connectivity index (χ0) is 13.8. The molecule has 2 rings (SSSR count). The third-order valence-electron chi connectivity index (χ3n) is 3.48. The summed E-state index contributed by atoms with van der Waals surface area (Å²) in [5, 5.41) is 2.72. The Morgan fingerprint density at radius 2 is 1.79 bits per heavy atom. The van der Waals surface area contributed by atoms with Gasteiger partial charge in [-0.3, -0.25) is 9.59 Å². The summed E-state index contributed by atoms with van der Waals surface area (Å²) in [7, 11) is 0. The topological polar surface area (TPSA) is 49.4 Å². The van der Waals surface area contributed by atoms with Crippen LogP contribution in [0, 0.1) is 13.8 Å². The van der Waals surface area contributed by atoms with Crippen molar-refractivity contribution in [3.05, 3.63) is 29.3 Å². The Morgan fingerprint density at radius 3 is 2.47 bits per heavy atom. The van der Waals surface area contributed by atoms with Gasteiger partial charge in [0.1, 0.15) is 0 Å². The molecule has 2 amide bonds. The highest BCUT2D eigenvalue weighted by Gasteiger charge is 2.23. The summed E-state index contributed by atoms with van der Waals surface area (Å²) in [6, 6.07) is 5.81. The lowest BCUT2D eigenvalue weighted by atomic mass is 10.1. The smallest absolute Gasteiger partial charge is 0.313 e. The molecule has 0 bridgehead atoms. The van der Waals surface area contributed by atoms with Gasteiger partial charge in [0.05, 0.1) is 0 Å². The molecule has 102 valence electrons. The molecule has 1 saturated heterocycles. The molecule has 1 N–H and O–H groups in total. The minimum absolute atomic E-state index is 0.416. The summed E-state index contributed by atoms with van der Waals surface area (Å²) >= 11 is 0. The molecule has 1 aromatic carbocycles. The van der Waals surface area contributed by atoms with E-state index in [1.54, 1.807) is 4.90 Å². The predicted octanol–water partition coefficient (Wildman–Crippen LogP) is 2.25. The van der Waals surface area contributed by atoms with Crippen LogP contribution in [0.2, 0.25) is 0 Å². The molecule has 1 aliphatic heterocycles. The highest BCUT2D eigenvalue weighted by Crippen LogP contribution is 2.17. The molecule has 0 atom stereocenters. The minimum atomic E-state index is -0.532. The van der Waals surface area contributed by atoms with Crippen molar-refractivity contribution in [3.63, 3.8) is 0 Å². The van der Waals surface area contributed by atoms with Crippen LogP contribution in [0.4, 0.5) is 5.69 Å². The zero-order valence-corrected chi connectivity index (χ0v) is 11.5. The van der Waals surface area contributed by atoms with Crippen LogP contribution in [0.25, 0.3) is 0 Å². The van der Waals surface area contributed by atoms with Gasteiger partial charge >= 0.3 is 11.8 Å². The van der Waals surface area contributed by atoms with Crippen molar-refractivity contribution >= 4 is 17.5 Å². The molecular formula is C15H20N2O2. The van der Waals surface area contributed by atoms with Gasteiger partial charge in [-0.15, -0.1) is 0 Å². The molecule has 1 heterocycles. The fourth-order valence-corrected chi connectivity index (χ4v) is 2.29. The van der Waals surface area contributed by atoms with Crippen LogP contribution in [0.1, 0.15) is 30.4 Å². The van der Waals surface area contributed by atoms with Crippen LogP contribution >= 0.6 is 0 Å². The fourth-order valence-electron chi connectivity index (χ4n) is 2.29. The Balaban J connectivity index is 2.03. The Kier molecular flexibility index (Phi) is 4.20. The Hall–Kier alpha value is -1.84. The quantitative estimate of drug-likeness (QED) is 0.787. The molecule has 4 nitrogen and oxygen atoms in total. The molecule has 0 unspecified atom stereocenters. The zero-order valence-electron chi connectivity index (χ0n) is 11.5. The van der Waals surface area contributed by atoms with Gasteiger partial charge in [0.2, 0.25) is 0 Å². The van der Waals surface area contributed by atoms with Crippen molar-refractivity contribution in [3.8, 4) is 0 Å². The molecule has 0 spiro atoms.